The van der Waals surface area contributed by atoms with Crippen LogP contribution in [0.15, 0.2) is 60.8 Å². The van der Waals surface area contributed by atoms with Crippen molar-refractivity contribution >= 4 is 11.8 Å². The Bertz CT molecular complexity index is 1620. The van der Waals surface area contributed by atoms with Crippen molar-refractivity contribution in [3.8, 4) is 11.1 Å². The molecule has 2 unspecified atom stereocenters. The molecule has 43 heavy (non-hydrogen) atoms. The van der Waals surface area contributed by atoms with E-state index in [4.69, 9.17) is 5.73 Å². The van der Waals surface area contributed by atoms with Crippen LogP contribution in [0.2, 0.25) is 0 Å². The van der Waals surface area contributed by atoms with Crippen molar-refractivity contribution in [3.63, 3.8) is 0 Å². The molecule has 2 aromatic heterocycles. The predicted molar refractivity (Wildman–Crippen MR) is 141 cm³/mol. The molecular formula is C29H24F7N5O2. The summed E-state index contributed by atoms with van der Waals surface area (Å²) in [6.45, 7) is 1.45. The van der Waals surface area contributed by atoms with Crippen molar-refractivity contribution in [2.24, 2.45) is 5.73 Å². The van der Waals surface area contributed by atoms with Crippen LogP contribution < -0.4 is 11.1 Å². The average molecular weight is 608 g/mol. The Labute approximate surface area is 240 Å². The minimum absolute atomic E-state index is 0.0803. The molecule has 2 amide bonds. The highest BCUT2D eigenvalue weighted by atomic mass is 19.3. The number of benzene rings is 2. The van der Waals surface area contributed by atoms with E-state index in [2.05, 4.69) is 15.4 Å². The number of hydrogen-bond acceptors (Lipinski definition) is 4. The fraction of sp³-hybridized carbons (Fsp3) is 0.241. The van der Waals surface area contributed by atoms with Gasteiger partial charge in [-0.05, 0) is 60.4 Å². The van der Waals surface area contributed by atoms with E-state index in [0.29, 0.717) is 16.8 Å². The van der Waals surface area contributed by atoms with Gasteiger partial charge in [0.05, 0.1) is 17.3 Å². The normalized spacial score (nSPS) is 12.9. The number of carbonyl (C=O) groups excluding carboxylic acids is 2. The van der Waals surface area contributed by atoms with Crippen molar-refractivity contribution in [1.29, 1.82) is 0 Å². The quantitative estimate of drug-likeness (QED) is 0.193. The molecule has 0 fully saturated rings. The summed E-state index contributed by atoms with van der Waals surface area (Å²) in [6, 6.07) is 7.03. The molecule has 0 radical (unpaired) electrons. The van der Waals surface area contributed by atoms with Gasteiger partial charge in [0.1, 0.15) is 34.9 Å². The minimum atomic E-state index is -3.23. The number of pyridine rings is 1. The lowest BCUT2D eigenvalue weighted by Gasteiger charge is -2.25. The Morgan fingerprint density at radius 1 is 0.953 bits per heavy atom. The third-order valence-corrected chi connectivity index (χ3v) is 6.61. The van der Waals surface area contributed by atoms with Gasteiger partial charge in [-0.15, -0.1) is 0 Å². The highest BCUT2D eigenvalue weighted by molar-refractivity contribution is 5.94. The van der Waals surface area contributed by atoms with Gasteiger partial charge in [0.25, 0.3) is 18.8 Å². The van der Waals surface area contributed by atoms with E-state index >= 15 is 0 Å². The van der Waals surface area contributed by atoms with E-state index in [-0.39, 0.29) is 35.2 Å². The van der Waals surface area contributed by atoms with Crippen LogP contribution in [0.4, 0.5) is 30.7 Å². The van der Waals surface area contributed by atoms with Gasteiger partial charge in [-0.1, -0.05) is 19.1 Å². The molecule has 0 saturated heterocycles. The number of aromatic nitrogens is 3. The second kappa shape index (κ2) is 13.0. The summed E-state index contributed by atoms with van der Waals surface area (Å²) in [5.41, 5.74) is 3.71. The predicted octanol–water partition coefficient (Wildman–Crippen LogP) is 6.39. The summed E-state index contributed by atoms with van der Waals surface area (Å²) in [7, 11) is 0. The first-order chi connectivity index (χ1) is 20.4. The summed E-state index contributed by atoms with van der Waals surface area (Å²) in [6.07, 6.45) is -5.47. The number of nitrogens with zero attached hydrogens (tertiary/aromatic N) is 3. The zero-order valence-corrected chi connectivity index (χ0v) is 22.4. The van der Waals surface area contributed by atoms with E-state index in [0.717, 1.165) is 24.3 Å². The van der Waals surface area contributed by atoms with E-state index in [1.807, 2.05) is 0 Å². The number of hydrogen-bond donors (Lipinski definition) is 2. The Hall–Kier alpha value is -4.75. The molecule has 2 heterocycles. The molecule has 0 aliphatic carbocycles. The van der Waals surface area contributed by atoms with Crippen LogP contribution in [-0.4, -0.2) is 26.6 Å². The maximum atomic E-state index is 14.2. The molecule has 2 atom stereocenters. The number of nitrogens with two attached hydrogens (primary N) is 1. The SMILES string of the molecule is CCC(C(=O)NC(Cc1cc(F)cc(F)c1)c1ncccc1-c1ccc(F)c(C(N)=O)c1)n1nc(C(F)F)cc1C(F)F. The maximum Gasteiger partial charge on any atom is 0.282 e. The summed E-state index contributed by atoms with van der Waals surface area (Å²) in [5, 5.41) is 6.17. The molecule has 0 saturated carbocycles. The van der Waals surface area contributed by atoms with Gasteiger partial charge in [-0.3, -0.25) is 19.3 Å². The molecule has 0 aliphatic heterocycles. The summed E-state index contributed by atoms with van der Waals surface area (Å²) < 4.78 is 96.9. The monoisotopic (exact) mass is 607 g/mol. The molecular weight excluding hydrogens is 583 g/mol. The number of halogens is 7. The summed E-state index contributed by atoms with van der Waals surface area (Å²) in [5.74, 6) is -4.67. The van der Waals surface area contributed by atoms with Gasteiger partial charge in [-0.25, -0.2) is 30.7 Å². The van der Waals surface area contributed by atoms with Crippen LogP contribution in [0.1, 0.15) is 71.3 Å². The van der Waals surface area contributed by atoms with Crippen LogP contribution in [-0.2, 0) is 11.2 Å². The van der Waals surface area contributed by atoms with E-state index in [9.17, 15) is 40.3 Å². The van der Waals surface area contributed by atoms with Crippen molar-refractivity contribution < 1.29 is 40.3 Å². The lowest BCUT2D eigenvalue weighted by atomic mass is 9.94. The minimum Gasteiger partial charge on any atom is -0.366 e. The number of alkyl halides is 4. The Balaban J connectivity index is 1.81. The van der Waals surface area contributed by atoms with Gasteiger partial charge < -0.3 is 11.1 Å². The molecule has 2 aromatic carbocycles. The first-order valence-electron chi connectivity index (χ1n) is 12.8. The fourth-order valence-corrected chi connectivity index (χ4v) is 4.69. The van der Waals surface area contributed by atoms with Crippen molar-refractivity contribution in [2.75, 3.05) is 0 Å². The molecule has 0 bridgehead atoms. The van der Waals surface area contributed by atoms with Gasteiger partial charge in [0.2, 0.25) is 5.91 Å². The van der Waals surface area contributed by atoms with Crippen LogP contribution in [0.3, 0.4) is 0 Å². The number of primary amides is 1. The van der Waals surface area contributed by atoms with E-state index in [1.54, 1.807) is 0 Å². The van der Waals surface area contributed by atoms with E-state index < -0.39 is 71.2 Å². The molecule has 14 heteroatoms. The number of carbonyl (C=O) groups is 2. The third-order valence-electron chi connectivity index (χ3n) is 6.61. The Morgan fingerprint density at radius 3 is 2.26 bits per heavy atom. The molecule has 7 nitrogen and oxygen atoms in total. The Morgan fingerprint density at radius 2 is 1.65 bits per heavy atom. The second-order valence-electron chi connectivity index (χ2n) is 9.50. The first kappa shape index (κ1) is 31.2. The molecule has 4 rings (SSSR count). The molecule has 226 valence electrons. The topological polar surface area (TPSA) is 103 Å². The maximum absolute atomic E-state index is 14.2. The van der Waals surface area contributed by atoms with Crippen molar-refractivity contribution in [2.45, 2.75) is 44.7 Å². The zero-order chi connectivity index (χ0) is 31.4. The fourth-order valence-electron chi connectivity index (χ4n) is 4.69. The van der Waals surface area contributed by atoms with Gasteiger partial charge in [-0.2, -0.15) is 5.10 Å². The smallest absolute Gasteiger partial charge is 0.282 e. The van der Waals surface area contributed by atoms with Gasteiger partial charge >= 0.3 is 0 Å². The Kier molecular flexibility index (Phi) is 9.46. The lowest BCUT2D eigenvalue weighted by molar-refractivity contribution is -0.125. The van der Waals surface area contributed by atoms with Crippen LogP contribution in [0.5, 0.6) is 0 Å². The molecule has 4 aromatic rings. The number of nitrogens with one attached hydrogen (secondary N) is 1. The lowest BCUT2D eigenvalue weighted by Crippen LogP contribution is -2.37. The average Bonchev–Trinajstić information content (AvgIpc) is 3.39. The summed E-state index contributed by atoms with van der Waals surface area (Å²) >= 11 is 0. The first-order valence-corrected chi connectivity index (χ1v) is 12.8. The van der Waals surface area contributed by atoms with Gasteiger partial charge in [0.15, 0.2) is 0 Å². The number of amides is 2. The number of rotatable bonds is 11. The van der Waals surface area contributed by atoms with Crippen LogP contribution in [0.25, 0.3) is 11.1 Å². The highest BCUT2D eigenvalue weighted by Gasteiger charge is 2.31. The van der Waals surface area contributed by atoms with Crippen molar-refractivity contribution in [3.05, 3.63) is 106 Å². The van der Waals surface area contributed by atoms with Crippen LogP contribution in [0, 0.1) is 17.5 Å². The third kappa shape index (κ3) is 7.01. The molecule has 0 spiro atoms. The second-order valence-corrected chi connectivity index (χ2v) is 9.50. The largest absolute Gasteiger partial charge is 0.366 e. The zero-order valence-electron chi connectivity index (χ0n) is 22.4. The standard InChI is InChI=1S/C29H24F7N5O2/c1-2-23(41-24(27(35)36)13-22(40-41)26(33)34)29(43)39-21(10-14-8-16(30)12-17(31)9-14)25-18(4-3-7-38-25)15-5-6-20(32)19(11-15)28(37)42/h3-9,11-13,21,23,26-27H,2,10H2,1H3,(H2,37,42)(H,39,43). The highest BCUT2D eigenvalue weighted by Crippen LogP contribution is 2.32. The van der Waals surface area contributed by atoms with E-state index in [1.165, 1.54) is 31.3 Å². The molecule has 3 N–H and O–H groups in total. The molecule has 0 aliphatic rings. The van der Waals surface area contributed by atoms with Crippen molar-refractivity contribution in [1.82, 2.24) is 20.1 Å². The summed E-state index contributed by atoms with van der Waals surface area (Å²) in [4.78, 5) is 29.7. The van der Waals surface area contributed by atoms with Crippen LogP contribution >= 0.6 is 0 Å². The van der Waals surface area contributed by atoms with Gasteiger partial charge in [0, 0.05) is 17.8 Å².